The van der Waals surface area contributed by atoms with Gasteiger partial charge in [0.15, 0.2) is 0 Å². The van der Waals surface area contributed by atoms with E-state index in [1.165, 1.54) is 0 Å². The van der Waals surface area contributed by atoms with E-state index in [2.05, 4.69) is 4.98 Å². The van der Waals surface area contributed by atoms with Crippen molar-refractivity contribution in [3.8, 4) is 5.75 Å². The number of carbonyl (C=O) groups excluding carboxylic acids is 1. The normalized spacial score (nSPS) is 24.3. The van der Waals surface area contributed by atoms with Crippen LogP contribution in [0.25, 0.3) is 0 Å². The van der Waals surface area contributed by atoms with Crippen LogP contribution in [-0.2, 0) is 0 Å². The van der Waals surface area contributed by atoms with Crippen LogP contribution in [0.3, 0.4) is 0 Å². The SMILES string of the molecule is C[C@]1(O)CN(C(=O)c2ccncc2)CC[C@@H]1Oc1ccccc1. The molecule has 1 amide bonds. The molecule has 0 saturated carbocycles. The Morgan fingerprint density at radius 2 is 1.96 bits per heavy atom. The Morgan fingerprint density at radius 3 is 2.61 bits per heavy atom. The molecule has 1 aromatic heterocycles. The quantitative estimate of drug-likeness (QED) is 0.943. The molecule has 0 radical (unpaired) electrons. The third kappa shape index (κ3) is 3.51. The van der Waals surface area contributed by atoms with Crippen LogP contribution in [-0.4, -0.2) is 45.7 Å². The first-order valence-corrected chi connectivity index (χ1v) is 7.70. The number of para-hydroxylation sites is 1. The number of benzene rings is 1. The van der Waals surface area contributed by atoms with Crippen LogP contribution in [0.4, 0.5) is 0 Å². The monoisotopic (exact) mass is 312 g/mol. The van der Waals surface area contributed by atoms with Gasteiger partial charge in [-0.25, -0.2) is 0 Å². The predicted molar refractivity (Wildman–Crippen MR) is 86.2 cm³/mol. The van der Waals surface area contributed by atoms with Gasteiger partial charge < -0.3 is 14.7 Å². The minimum atomic E-state index is -1.10. The van der Waals surface area contributed by atoms with Crippen molar-refractivity contribution in [3.05, 3.63) is 60.4 Å². The minimum Gasteiger partial charge on any atom is -0.487 e. The maximum Gasteiger partial charge on any atom is 0.254 e. The number of piperidine rings is 1. The lowest BCUT2D eigenvalue weighted by atomic mass is 9.91. The number of nitrogens with zero attached hydrogens (tertiary/aromatic N) is 2. The second-order valence-corrected chi connectivity index (χ2v) is 6.03. The number of carbonyl (C=O) groups is 1. The van der Waals surface area contributed by atoms with E-state index in [0.29, 0.717) is 18.5 Å². The molecule has 1 fully saturated rings. The Hall–Kier alpha value is -2.40. The molecular weight excluding hydrogens is 292 g/mol. The van der Waals surface area contributed by atoms with Gasteiger partial charge in [0.05, 0.1) is 6.54 Å². The van der Waals surface area contributed by atoms with Crippen molar-refractivity contribution in [3.63, 3.8) is 0 Å². The summed E-state index contributed by atoms with van der Waals surface area (Å²) in [6.07, 6.45) is 3.43. The number of hydrogen-bond acceptors (Lipinski definition) is 4. The van der Waals surface area contributed by atoms with Crippen molar-refractivity contribution < 1.29 is 14.6 Å². The maximum absolute atomic E-state index is 12.5. The zero-order valence-electron chi connectivity index (χ0n) is 13.1. The third-order valence-electron chi connectivity index (χ3n) is 4.10. The fraction of sp³-hybridized carbons (Fsp3) is 0.333. The molecule has 1 saturated heterocycles. The van der Waals surface area contributed by atoms with Crippen LogP contribution in [0.5, 0.6) is 5.75 Å². The molecule has 1 N–H and O–H groups in total. The zero-order chi connectivity index (χ0) is 16.3. The van der Waals surface area contributed by atoms with Gasteiger partial charge in [0.2, 0.25) is 0 Å². The molecule has 0 aliphatic carbocycles. The van der Waals surface area contributed by atoms with Gasteiger partial charge in [-0.1, -0.05) is 18.2 Å². The minimum absolute atomic E-state index is 0.0918. The summed E-state index contributed by atoms with van der Waals surface area (Å²) in [6.45, 7) is 2.51. The van der Waals surface area contributed by atoms with Crippen molar-refractivity contribution in [2.45, 2.75) is 25.0 Å². The van der Waals surface area contributed by atoms with Gasteiger partial charge in [0, 0.05) is 30.9 Å². The van der Waals surface area contributed by atoms with Gasteiger partial charge in [-0.3, -0.25) is 9.78 Å². The molecule has 2 heterocycles. The van der Waals surface area contributed by atoms with Crippen LogP contribution in [0.15, 0.2) is 54.9 Å². The lowest BCUT2D eigenvalue weighted by molar-refractivity contribution is -0.0899. The summed E-state index contributed by atoms with van der Waals surface area (Å²) < 4.78 is 5.91. The number of amides is 1. The van der Waals surface area contributed by atoms with E-state index in [0.717, 1.165) is 5.75 Å². The van der Waals surface area contributed by atoms with Crippen molar-refractivity contribution in [2.24, 2.45) is 0 Å². The van der Waals surface area contributed by atoms with Crippen molar-refractivity contribution in [1.82, 2.24) is 9.88 Å². The summed E-state index contributed by atoms with van der Waals surface area (Å²) in [5.74, 6) is 0.637. The smallest absolute Gasteiger partial charge is 0.254 e. The van der Waals surface area contributed by atoms with Crippen LogP contribution in [0, 0.1) is 0 Å². The zero-order valence-corrected chi connectivity index (χ0v) is 13.1. The standard InChI is InChI=1S/C18H20N2O3/c1-18(22)13-20(17(21)14-7-10-19-11-8-14)12-9-16(18)23-15-5-3-2-4-6-15/h2-8,10-11,16,22H,9,12-13H2,1H3/t16-,18-/m0/s1. The van der Waals surface area contributed by atoms with Gasteiger partial charge in [0.1, 0.15) is 17.5 Å². The highest BCUT2D eigenvalue weighted by molar-refractivity contribution is 5.94. The molecule has 1 aliphatic rings. The molecule has 120 valence electrons. The van der Waals surface area contributed by atoms with E-state index in [4.69, 9.17) is 4.74 Å². The van der Waals surface area contributed by atoms with Crippen molar-refractivity contribution in [2.75, 3.05) is 13.1 Å². The summed E-state index contributed by atoms with van der Waals surface area (Å²) in [5.41, 5.74) is -0.519. The second-order valence-electron chi connectivity index (χ2n) is 6.03. The number of aromatic nitrogens is 1. The van der Waals surface area contributed by atoms with Crippen molar-refractivity contribution in [1.29, 1.82) is 0 Å². The number of aliphatic hydroxyl groups is 1. The Morgan fingerprint density at radius 1 is 1.26 bits per heavy atom. The first-order chi connectivity index (χ1) is 11.1. The van der Waals surface area contributed by atoms with E-state index < -0.39 is 5.60 Å². The van der Waals surface area contributed by atoms with E-state index in [1.54, 1.807) is 36.4 Å². The Labute approximate surface area is 135 Å². The van der Waals surface area contributed by atoms with Crippen molar-refractivity contribution >= 4 is 5.91 Å². The van der Waals surface area contributed by atoms with Gasteiger partial charge in [-0.2, -0.15) is 0 Å². The first kappa shape index (κ1) is 15.5. The third-order valence-corrected chi connectivity index (χ3v) is 4.10. The van der Waals surface area contributed by atoms with E-state index >= 15 is 0 Å². The predicted octanol–water partition coefficient (Wildman–Crippen LogP) is 2.13. The highest BCUT2D eigenvalue weighted by Crippen LogP contribution is 2.27. The fourth-order valence-corrected chi connectivity index (χ4v) is 2.85. The van der Waals surface area contributed by atoms with Crippen LogP contribution in [0.1, 0.15) is 23.7 Å². The van der Waals surface area contributed by atoms with E-state index in [-0.39, 0.29) is 18.6 Å². The van der Waals surface area contributed by atoms with E-state index in [9.17, 15) is 9.90 Å². The van der Waals surface area contributed by atoms with Crippen LogP contribution in [0.2, 0.25) is 0 Å². The summed E-state index contributed by atoms with van der Waals surface area (Å²) in [7, 11) is 0. The molecular formula is C18H20N2O3. The van der Waals surface area contributed by atoms with Gasteiger partial charge in [0.25, 0.3) is 5.91 Å². The highest BCUT2D eigenvalue weighted by Gasteiger charge is 2.41. The molecule has 0 spiro atoms. The molecule has 5 heteroatoms. The summed E-state index contributed by atoms with van der Waals surface area (Å²) in [4.78, 5) is 18.1. The number of pyridine rings is 1. The highest BCUT2D eigenvalue weighted by atomic mass is 16.5. The van der Waals surface area contributed by atoms with Gasteiger partial charge in [-0.05, 0) is 31.2 Å². The molecule has 0 bridgehead atoms. The average Bonchev–Trinajstić information content (AvgIpc) is 2.57. The molecule has 2 atom stereocenters. The lowest BCUT2D eigenvalue weighted by Gasteiger charge is -2.42. The molecule has 5 nitrogen and oxygen atoms in total. The first-order valence-electron chi connectivity index (χ1n) is 7.70. The van der Waals surface area contributed by atoms with Crippen LogP contribution >= 0.6 is 0 Å². The molecule has 2 aromatic rings. The summed E-state index contributed by atoms with van der Waals surface area (Å²) in [6, 6.07) is 12.8. The van der Waals surface area contributed by atoms with Gasteiger partial charge in [-0.15, -0.1) is 0 Å². The molecule has 3 rings (SSSR count). The number of ether oxygens (including phenoxy) is 1. The maximum atomic E-state index is 12.5. The average molecular weight is 312 g/mol. The van der Waals surface area contributed by atoms with E-state index in [1.807, 2.05) is 30.3 Å². The van der Waals surface area contributed by atoms with Crippen LogP contribution < -0.4 is 4.74 Å². The number of β-amino-alcohol motifs (C(OH)–C–C–N with tert-alkyl or cyclic N) is 1. The topological polar surface area (TPSA) is 62.7 Å². The molecule has 0 unspecified atom stereocenters. The summed E-state index contributed by atoms with van der Waals surface area (Å²) in [5, 5.41) is 10.7. The molecule has 1 aliphatic heterocycles. The molecule has 1 aromatic carbocycles. The molecule has 23 heavy (non-hydrogen) atoms. The second kappa shape index (κ2) is 6.38. The Kier molecular flexibility index (Phi) is 4.30. The largest absolute Gasteiger partial charge is 0.487 e. The number of rotatable bonds is 3. The van der Waals surface area contributed by atoms with Gasteiger partial charge >= 0.3 is 0 Å². The fourth-order valence-electron chi connectivity index (χ4n) is 2.85. The number of hydrogen-bond donors (Lipinski definition) is 1. The Balaban J connectivity index is 1.69. The Bertz CT molecular complexity index is 658. The number of likely N-dealkylation sites (tertiary alicyclic amines) is 1. The lowest BCUT2D eigenvalue weighted by Crippen LogP contribution is -2.58. The summed E-state index contributed by atoms with van der Waals surface area (Å²) >= 11 is 0.